The van der Waals surface area contributed by atoms with Crippen molar-refractivity contribution in [3.05, 3.63) is 12.2 Å². The molecule has 0 saturated heterocycles. The molecule has 0 heterocycles. The van der Waals surface area contributed by atoms with E-state index < -0.39 is 5.41 Å². The number of unbranched alkanes of at least 4 members (excludes halogenated alkanes) is 4. The first-order chi connectivity index (χ1) is 20.4. The molecule has 0 spiro atoms. The zero-order valence-electron chi connectivity index (χ0n) is 31.7. The minimum Gasteiger partial charge on any atom is -0.462 e. The summed E-state index contributed by atoms with van der Waals surface area (Å²) in [5.74, 6) is 1.33. The lowest BCUT2D eigenvalue weighted by molar-refractivity contribution is -0.160. The molecule has 260 valence electrons. The smallest absolute Gasteiger partial charge is 0.312 e. The molecule has 0 aromatic rings. The van der Waals surface area contributed by atoms with E-state index in [1.54, 1.807) is 0 Å². The Hall–Kier alpha value is -1.36. The van der Waals surface area contributed by atoms with Crippen molar-refractivity contribution in [3.8, 4) is 0 Å². The fraction of sp³-hybridized carbons (Fsp3) is 0.897. The normalized spacial score (nSPS) is 15.2. The second-order valence-corrected chi connectivity index (χ2v) is 16.1. The first kappa shape index (κ1) is 42.6. The van der Waals surface area contributed by atoms with Crippen LogP contribution in [-0.2, 0) is 19.1 Å². The fourth-order valence-corrected chi connectivity index (χ4v) is 5.48. The van der Waals surface area contributed by atoms with Crippen LogP contribution >= 0.6 is 0 Å². The fourth-order valence-electron chi connectivity index (χ4n) is 5.48. The molecule has 5 nitrogen and oxygen atoms in total. The molecule has 0 aromatic carbocycles. The van der Waals surface area contributed by atoms with Crippen LogP contribution in [0.15, 0.2) is 12.2 Å². The maximum Gasteiger partial charge on any atom is 0.312 e. The Morgan fingerprint density at radius 2 is 1.32 bits per heavy atom. The van der Waals surface area contributed by atoms with Crippen LogP contribution in [0.2, 0.25) is 0 Å². The highest BCUT2D eigenvalue weighted by molar-refractivity contribution is 5.76. The number of ether oxygens (including phenoxy) is 2. The van der Waals surface area contributed by atoms with E-state index in [1.165, 1.54) is 57.8 Å². The van der Waals surface area contributed by atoms with Gasteiger partial charge in [-0.1, -0.05) is 132 Å². The van der Waals surface area contributed by atoms with Gasteiger partial charge in [-0.3, -0.25) is 9.59 Å². The molecule has 0 rings (SSSR count). The Labute approximate surface area is 274 Å². The largest absolute Gasteiger partial charge is 0.462 e. The second-order valence-electron chi connectivity index (χ2n) is 16.1. The third-order valence-electron chi connectivity index (χ3n) is 10.7. The predicted molar refractivity (Wildman–Crippen MR) is 189 cm³/mol. The molecule has 0 fully saturated rings. The van der Waals surface area contributed by atoms with Crippen LogP contribution in [0.1, 0.15) is 160 Å². The van der Waals surface area contributed by atoms with E-state index in [0.717, 1.165) is 31.7 Å². The van der Waals surface area contributed by atoms with Gasteiger partial charge in [-0.25, -0.2) is 0 Å². The zero-order valence-corrected chi connectivity index (χ0v) is 31.7. The number of esters is 2. The van der Waals surface area contributed by atoms with Crippen LogP contribution < -0.4 is 0 Å². The predicted octanol–water partition coefficient (Wildman–Crippen LogP) is 10.7. The van der Waals surface area contributed by atoms with Crippen LogP contribution in [0, 0.1) is 34.0 Å². The van der Waals surface area contributed by atoms with E-state index in [-0.39, 0.29) is 41.4 Å². The van der Waals surface area contributed by atoms with Gasteiger partial charge in [-0.15, -0.1) is 0 Å². The summed E-state index contributed by atoms with van der Waals surface area (Å²) in [5.41, 5.74) is -1.11. The van der Waals surface area contributed by atoms with E-state index in [4.69, 9.17) is 9.47 Å². The Morgan fingerprint density at radius 3 is 1.89 bits per heavy atom. The number of nitrogens with zero attached hydrogens (tertiary/aromatic N) is 1. The summed E-state index contributed by atoms with van der Waals surface area (Å²) in [4.78, 5) is 27.7. The van der Waals surface area contributed by atoms with E-state index in [9.17, 15) is 9.59 Å². The summed E-state index contributed by atoms with van der Waals surface area (Å²) in [6.45, 7) is 25.0. The SMILES string of the molecule is CCCCCCCC(C)CCCC(C)CCC(OC(=O)CCCN(C)C)C(C)(C)C(C)(C)C=CCOC(=O)C(C)(C)C(C)C. The molecule has 0 radical (unpaired) electrons. The molecule has 0 N–H and O–H groups in total. The quantitative estimate of drug-likeness (QED) is 0.0577. The lowest BCUT2D eigenvalue weighted by Gasteiger charge is -2.45. The summed E-state index contributed by atoms with van der Waals surface area (Å²) in [6.07, 6.45) is 19.0. The van der Waals surface area contributed by atoms with Gasteiger partial charge in [0.15, 0.2) is 0 Å². The molecule has 0 bridgehead atoms. The van der Waals surface area contributed by atoms with Crippen molar-refractivity contribution in [2.24, 2.45) is 34.0 Å². The summed E-state index contributed by atoms with van der Waals surface area (Å²) >= 11 is 0. The van der Waals surface area contributed by atoms with Gasteiger partial charge in [0, 0.05) is 11.8 Å². The summed E-state index contributed by atoms with van der Waals surface area (Å²) < 4.78 is 11.9. The number of hydrogen-bond donors (Lipinski definition) is 0. The molecular weight excluding hydrogens is 546 g/mol. The minimum absolute atomic E-state index is 0.102. The maximum atomic E-state index is 13.0. The number of carbonyl (C=O) groups excluding carboxylic acids is 2. The van der Waals surface area contributed by atoms with Gasteiger partial charge in [-0.2, -0.15) is 0 Å². The second kappa shape index (κ2) is 21.4. The number of hydrogen-bond acceptors (Lipinski definition) is 5. The van der Waals surface area contributed by atoms with Gasteiger partial charge >= 0.3 is 11.9 Å². The molecular formula is C39H75NO4. The highest BCUT2D eigenvalue weighted by atomic mass is 16.5. The zero-order chi connectivity index (χ0) is 34.0. The standard InChI is InChI=1S/C39H75NO4/c1-14-15-16-17-18-22-32(4)23-19-24-33(5)26-27-34(44-35(41)25-20-29-40(12)13)39(10,11)37(6,7)28-21-30-43-36(42)38(8,9)31(2)3/h21,28,31-34H,14-20,22-27,29-30H2,1-13H3. The third-order valence-corrected chi connectivity index (χ3v) is 10.7. The Morgan fingerprint density at radius 1 is 0.750 bits per heavy atom. The van der Waals surface area contributed by atoms with Crippen LogP contribution in [0.4, 0.5) is 0 Å². The summed E-state index contributed by atoms with van der Waals surface area (Å²) in [6, 6.07) is 0. The van der Waals surface area contributed by atoms with Crippen molar-refractivity contribution in [1.82, 2.24) is 4.90 Å². The van der Waals surface area contributed by atoms with Crippen molar-refractivity contribution in [3.63, 3.8) is 0 Å². The number of rotatable bonds is 25. The lowest BCUT2D eigenvalue weighted by atomic mass is 9.63. The Bertz CT molecular complexity index is 811. The minimum atomic E-state index is -0.516. The Kier molecular flexibility index (Phi) is 20.8. The van der Waals surface area contributed by atoms with Gasteiger partial charge in [0.05, 0.1) is 5.41 Å². The van der Waals surface area contributed by atoms with E-state index >= 15 is 0 Å². The van der Waals surface area contributed by atoms with Crippen molar-refractivity contribution in [2.45, 2.75) is 166 Å². The van der Waals surface area contributed by atoms with Gasteiger partial charge in [0.2, 0.25) is 0 Å². The van der Waals surface area contributed by atoms with Crippen LogP contribution in [-0.4, -0.2) is 50.2 Å². The summed E-state index contributed by atoms with van der Waals surface area (Å²) in [7, 11) is 4.06. The molecule has 0 aliphatic heterocycles. The van der Waals surface area contributed by atoms with Gasteiger partial charge in [0.25, 0.3) is 0 Å². The van der Waals surface area contributed by atoms with Crippen molar-refractivity contribution in [2.75, 3.05) is 27.2 Å². The molecule has 0 saturated carbocycles. The number of carbonyl (C=O) groups is 2. The molecule has 0 aromatic heterocycles. The van der Waals surface area contributed by atoms with Gasteiger partial charge in [0.1, 0.15) is 12.7 Å². The van der Waals surface area contributed by atoms with E-state index in [0.29, 0.717) is 12.3 Å². The van der Waals surface area contributed by atoms with Crippen molar-refractivity contribution >= 4 is 11.9 Å². The highest BCUT2D eigenvalue weighted by Gasteiger charge is 2.43. The molecule has 0 aliphatic rings. The molecule has 44 heavy (non-hydrogen) atoms. The van der Waals surface area contributed by atoms with Crippen LogP contribution in [0.25, 0.3) is 0 Å². The van der Waals surface area contributed by atoms with E-state index in [1.807, 2.05) is 47.9 Å². The maximum absolute atomic E-state index is 13.0. The first-order valence-corrected chi connectivity index (χ1v) is 18.1. The summed E-state index contributed by atoms with van der Waals surface area (Å²) in [5, 5.41) is 0. The average molecular weight is 622 g/mol. The lowest BCUT2D eigenvalue weighted by Crippen LogP contribution is -2.44. The van der Waals surface area contributed by atoms with Crippen LogP contribution in [0.3, 0.4) is 0 Å². The molecule has 3 unspecified atom stereocenters. The van der Waals surface area contributed by atoms with Crippen molar-refractivity contribution in [1.29, 1.82) is 0 Å². The van der Waals surface area contributed by atoms with Gasteiger partial charge < -0.3 is 14.4 Å². The number of allylic oxidation sites excluding steroid dienone is 1. The van der Waals surface area contributed by atoms with Gasteiger partial charge in [-0.05, 0) is 76.9 Å². The van der Waals surface area contributed by atoms with E-state index in [2.05, 4.69) is 59.4 Å². The highest BCUT2D eigenvalue weighted by Crippen LogP contribution is 2.45. The molecule has 5 heteroatoms. The molecule has 3 atom stereocenters. The monoisotopic (exact) mass is 622 g/mol. The van der Waals surface area contributed by atoms with Crippen LogP contribution in [0.5, 0.6) is 0 Å². The topological polar surface area (TPSA) is 55.8 Å². The van der Waals surface area contributed by atoms with Crippen molar-refractivity contribution < 1.29 is 19.1 Å². The molecule has 0 aliphatic carbocycles. The molecule has 0 amide bonds. The average Bonchev–Trinajstić information content (AvgIpc) is 2.92. The Balaban J connectivity index is 5.27. The third kappa shape index (κ3) is 16.8. The first-order valence-electron chi connectivity index (χ1n) is 18.1.